The molecule has 0 aliphatic heterocycles. The number of fused-ring (bicyclic) bond motifs is 2. The number of carbonyl (C=O) groups excluding carboxylic acids is 1. The van der Waals surface area contributed by atoms with Gasteiger partial charge >= 0.3 is 0 Å². The number of nitrogens with one attached hydrogen (secondary N) is 3. The maximum Gasteiger partial charge on any atom is 0.224 e. The van der Waals surface area contributed by atoms with Crippen molar-refractivity contribution in [2.75, 3.05) is 5.32 Å². The lowest BCUT2D eigenvalue weighted by Crippen LogP contribution is -2.10. The predicted molar refractivity (Wildman–Crippen MR) is 135 cm³/mol. The summed E-state index contributed by atoms with van der Waals surface area (Å²) in [5.41, 5.74) is 6.05. The summed E-state index contributed by atoms with van der Waals surface area (Å²) in [6, 6.07) is 5.75. The number of aromatic nitrogens is 9. The van der Waals surface area contributed by atoms with E-state index in [1.54, 1.807) is 31.1 Å². The number of pyridine rings is 3. The molecule has 11 heteroatoms. The van der Waals surface area contributed by atoms with Crippen molar-refractivity contribution >= 4 is 33.7 Å². The molecule has 0 atom stereocenters. The van der Waals surface area contributed by atoms with Gasteiger partial charge in [-0.3, -0.25) is 19.4 Å². The number of H-pyrrole nitrogens is 2. The monoisotopic (exact) mass is 478 g/mol. The molecule has 0 unspecified atom stereocenters. The molecule has 0 spiro atoms. The van der Waals surface area contributed by atoms with E-state index >= 15 is 0 Å². The average molecular weight is 479 g/mol. The van der Waals surface area contributed by atoms with E-state index in [2.05, 4.69) is 40.4 Å². The normalized spacial score (nSPS) is 11.4. The number of anilines is 1. The van der Waals surface area contributed by atoms with Crippen LogP contribution in [0.15, 0.2) is 55.5 Å². The van der Waals surface area contributed by atoms with Crippen LogP contribution in [-0.4, -0.2) is 50.6 Å². The highest BCUT2D eigenvalue weighted by molar-refractivity contribution is 5.95. The number of nitrogens with zero attached hydrogens (tertiary/aromatic N) is 7. The quantitative estimate of drug-likeness (QED) is 0.326. The van der Waals surface area contributed by atoms with Crippen molar-refractivity contribution in [3.05, 3.63) is 61.2 Å². The molecule has 6 heterocycles. The van der Waals surface area contributed by atoms with Gasteiger partial charge < -0.3 is 10.3 Å². The lowest BCUT2D eigenvalue weighted by atomic mass is 10.1. The van der Waals surface area contributed by atoms with Gasteiger partial charge in [-0.2, -0.15) is 5.10 Å². The van der Waals surface area contributed by atoms with Crippen molar-refractivity contribution in [1.29, 1.82) is 0 Å². The highest BCUT2D eigenvalue weighted by Crippen LogP contribution is 2.30. The molecule has 0 saturated heterocycles. The highest BCUT2D eigenvalue weighted by Gasteiger charge is 2.17. The Morgan fingerprint density at radius 2 is 2.00 bits per heavy atom. The molecule has 0 aliphatic carbocycles. The summed E-state index contributed by atoms with van der Waals surface area (Å²) in [4.78, 5) is 37.8. The van der Waals surface area contributed by atoms with Crippen molar-refractivity contribution in [2.24, 2.45) is 0 Å². The fourth-order valence-electron chi connectivity index (χ4n) is 4.12. The van der Waals surface area contributed by atoms with Crippen LogP contribution in [0, 0.1) is 6.92 Å². The summed E-state index contributed by atoms with van der Waals surface area (Å²) in [6.45, 7) is 3.90. The van der Waals surface area contributed by atoms with Crippen LogP contribution in [0.2, 0.25) is 0 Å². The molecular formula is C25H22N10O. The van der Waals surface area contributed by atoms with Gasteiger partial charge in [-0.15, -0.1) is 0 Å². The van der Waals surface area contributed by atoms with Crippen LogP contribution in [0.3, 0.4) is 0 Å². The summed E-state index contributed by atoms with van der Waals surface area (Å²) >= 11 is 0. The maximum absolute atomic E-state index is 12.0. The minimum Gasteiger partial charge on any atom is -0.336 e. The molecular weight excluding hydrogens is 456 g/mol. The summed E-state index contributed by atoms with van der Waals surface area (Å²) in [5.74, 6) is 1.27. The predicted octanol–water partition coefficient (Wildman–Crippen LogP) is 4.19. The zero-order valence-corrected chi connectivity index (χ0v) is 19.6. The number of carbonyl (C=O) groups is 1. The second-order valence-electron chi connectivity index (χ2n) is 8.49. The largest absolute Gasteiger partial charge is 0.336 e. The first kappa shape index (κ1) is 21.6. The van der Waals surface area contributed by atoms with E-state index in [0.717, 1.165) is 39.7 Å². The van der Waals surface area contributed by atoms with Gasteiger partial charge in [-0.25, -0.2) is 19.9 Å². The molecule has 11 nitrogen and oxygen atoms in total. The van der Waals surface area contributed by atoms with Crippen LogP contribution in [0.5, 0.6) is 0 Å². The molecule has 0 aliphatic rings. The summed E-state index contributed by atoms with van der Waals surface area (Å²) in [7, 11) is 0. The Balaban J connectivity index is 1.40. The smallest absolute Gasteiger partial charge is 0.224 e. The van der Waals surface area contributed by atoms with Gasteiger partial charge in [-0.05, 0) is 31.5 Å². The number of hydrogen-bond acceptors (Lipinski definition) is 7. The van der Waals surface area contributed by atoms with Crippen LogP contribution >= 0.6 is 0 Å². The fourth-order valence-corrected chi connectivity index (χ4v) is 4.12. The number of rotatable bonds is 6. The van der Waals surface area contributed by atoms with E-state index in [0.29, 0.717) is 35.1 Å². The Morgan fingerprint density at radius 1 is 1.11 bits per heavy atom. The Hall–Kier alpha value is -4.93. The second-order valence-corrected chi connectivity index (χ2v) is 8.49. The van der Waals surface area contributed by atoms with Crippen molar-refractivity contribution in [1.82, 2.24) is 44.7 Å². The van der Waals surface area contributed by atoms with Crippen LogP contribution < -0.4 is 5.32 Å². The standard InChI is InChI=1S/C25H22N10O/c1-3-4-20(36)30-17-7-15(9-26-11-17)16-8-18-21(33-34-23(18)28-10-16)24-31-19-5-6-27-25(22(19)32-24)35-12-14(2)29-13-35/h5-13H,3-4H2,1-2H3,(H,30,36)(H,31,32)(H,28,33,34). The molecule has 3 N–H and O–H groups in total. The number of amides is 1. The van der Waals surface area contributed by atoms with Crippen molar-refractivity contribution in [3.8, 4) is 28.5 Å². The number of aromatic amines is 2. The number of aryl methyl sites for hydroxylation is 1. The zero-order valence-electron chi connectivity index (χ0n) is 19.6. The van der Waals surface area contributed by atoms with E-state index in [-0.39, 0.29) is 5.91 Å². The maximum atomic E-state index is 12.0. The Morgan fingerprint density at radius 3 is 2.83 bits per heavy atom. The van der Waals surface area contributed by atoms with E-state index in [4.69, 9.17) is 4.98 Å². The van der Waals surface area contributed by atoms with Gasteiger partial charge in [-0.1, -0.05) is 6.92 Å². The minimum absolute atomic E-state index is 0.0354. The molecule has 0 fully saturated rings. The molecule has 6 aromatic heterocycles. The van der Waals surface area contributed by atoms with E-state index in [9.17, 15) is 4.79 Å². The summed E-state index contributed by atoms with van der Waals surface area (Å²) in [6.07, 6.45) is 11.7. The molecule has 0 saturated carbocycles. The van der Waals surface area contributed by atoms with Gasteiger partial charge in [0, 0.05) is 42.3 Å². The SMILES string of the molecule is CCCC(=O)Nc1cncc(-c2cnc3n[nH]c(-c4nc5c(-n6cnc(C)c6)nccc5[nH]4)c3c2)c1. The van der Waals surface area contributed by atoms with Crippen LogP contribution in [0.1, 0.15) is 25.5 Å². The average Bonchev–Trinajstić information content (AvgIpc) is 3.61. The molecule has 0 radical (unpaired) electrons. The molecule has 6 aromatic rings. The van der Waals surface area contributed by atoms with Gasteiger partial charge in [0.15, 0.2) is 17.3 Å². The van der Waals surface area contributed by atoms with Crippen LogP contribution in [0.25, 0.3) is 50.5 Å². The molecule has 0 bridgehead atoms. The fraction of sp³-hybridized carbons (Fsp3) is 0.160. The number of imidazole rings is 2. The van der Waals surface area contributed by atoms with Crippen molar-refractivity contribution in [3.63, 3.8) is 0 Å². The molecule has 0 aromatic carbocycles. The second kappa shape index (κ2) is 8.69. The molecule has 178 valence electrons. The van der Waals surface area contributed by atoms with E-state index < -0.39 is 0 Å². The highest BCUT2D eigenvalue weighted by atomic mass is 16.1. The summed E-state index contributed by atoms with van der Waals surface area (Å²) < 4.78 is 1.85. The van der Waals surface area contributed by atoms with Crippen LogP contribution in [-0.2, 0) is 4.79 Å². The van der Waals surface area contributed by atoms with Gasteiger partial charge in [0.05, 0.1) is 28.5 Å². The minimum atomic E-state index is -0.0354. The first-order valence-electron chi connectivity index (χ1n) is 11.5. The lowest BCUT2D eigenvalue weighted by molar-refractivity contribution is -0.116. The van der Waals surface area contributed by atoms with E-state index in [1.165, 1.54) is 0 Å². The first-order valence-corrected chi connectivity index (χ1v) is 11.5. The Kier molecular flexibility index (Phi) is 5.21. The molecule has 36 heavy (non-hydrogen) atoms. The van der Waals surface area contributed by atoms with Crippen LogP contribution in [0.4, 0.5) is 5.69 Å². The zero-order chi connectivity index (χ0) is 24.6. The van der Waals surface area contributed by atoms with Crippen molar-refractivity contribution < 1.29 is 4.79 Å². The first-order chi connectivity index (χ1) is 17.6. The lowest BCUT2D eigenvalue weighted by Gasteiger charge is -2.07. The third-order valence-electron chi connectivity index (χ3n) is 5.82. The van der Waals surface area contributed by atoms with E-state index in [1.807, 2.05) is 42.8 Å². The Labute approximate surface area is 205 Å². The topological polar surface area (TPSA) is 143 Å². The number of hydrogen-bond donors (Lipinski definition) is 3. The summed E-state index contributed by atoms with van der Waals surface area (Å²) in [5, 5.41) is 11.1. The third-order valence-corrected chi connectivity index (χ3v) is 5.82. The molecule has 6 rings (SSSR count). The van der Waals surface area contributed by atoms with Gasteiger partial charge in [0.1, 0.15) is 17.5 Å². The Bertz CT molecular complexity index is 1730. The third kappa shape index (κ3) is 3.86. The molecule has 1 amide bonds. The van der Waals surface area contributed by atoms with Gasteiger partial charge in [0.2, 0.25) is 5.91 Å². The van der Waals surface area contributed by atoms with Crippen molar-refractivity contribution in [2.45, 2.75) is 26.7 Å². The van der Waals surface area contributed by atoms with Gasteiger partial charge in [0.25, 0.3) is 0 Å².